The van der Waals surface area contributed by atoms with Gasteiger partial charge in [0.1, 0.15) is 5.75 Å². The van der Waals surface area contributed by atoms with Crippen molar-refractivity contribution >= 4 is 17.8 Å². The average Bonchev–Trinajstić information content (AvgIpc) is 3.63. The molecule has 1 amide bonds. The summed E-state index contributed by atoms with van der Waals surface area (Å²) in [5.74, 6) is -4.94. The van der Waals surface area contributed by atoms with Crippen LogP contribution in [0.1, 0.15) is 27.9 Å². The van der Waals surface area contributed by atoms with E-state index < -0.39 is 24.3 Å². The Labute approximate surface area is 259 Å². The Morgan fingerprint density at radius 1 is 0.870 bits per heavy atom. The zero-order valence-corrected chi connectivity index (χ0v) is 24.4. The number of fused-ring (bicyclic) bond motifs is 2. The molecule has 0 spiro atoms. The number of hydrogen-bond acceptors (Lipinski definition) is 6. The van der Waals surface area contributed by atoms with Crippen molar-refractivity contribution < 1.29 is 55.7 Å². The molecular weight excluding hydrogens is 624 g/mol. The van der Waals surface area contributed by atoms with Crippen molar-refractivity contribution in [3.8, 4) is 16.9 Å². The second kappa shape index (κ2) is 15.6. The first kappa shape index (κ1) is 35.8. The molecule has 2 bridgehead atoms. The maximum atomic E-state index is 12.5. The lowest BCUT2D eigenvalue weighted by Crippen LogP contribution is -2.42. The molecule has 2 heterocycles. The maximum absolute atomic E-state index is 12.5. The van der Waals surface area contributed by atoms with Crippen LogP contribution in [0.4, 0.5) is 26.3 Å². The van der Waals surface area contributed by atoms with Crippen LogP contribution in [0.25, 0.3) is 11.1 Å². The second-order valence-electron chi connectivity index (χ2n) is 10.3. The van der Waals surface area contributed by atoms with Crippen molar-refractivity contribution in [3.63, 3.8) is 0 Å². The Bertz CT molecular complexity index is 1490. The number of likely N-dealkylation sites (tertiary alicyclic amines) is 1. The average molecular weight is 656 g/mol. The predicted octanol–water partition coefficient (Wildman–Crippen LogP) is 5.10. The van der Waals surface area contributed by atoms with Crippen LogP contribution in [0.5, 0.6) is 5.75 Å². The first-order chi connectivity index (χ1) is 21.6. The number of carboxylic acids is 2. The molecule has 46 heavy (non-hydrogen) atoms. The van der Waals surface area contributed by atoms with Gasteiger partial charge in [-0.2, -0.15) is 26.3 Å². The number of benzene rings is 3. The number of nitrogens with one attached hydrogen (secondary N) is 2. The number of hydrogen-bond donors (Lipinski definition) is 4. The van der Waals surface area contributed by atoms with E-state index in [1.165, 1.54) is 23.1 Å². The van der Waals surface area contributed by atoms with Crippen LogP contribution in [0.15, 0.2) is 72.8 Å². The minimum absolute atomic E-state index is 0.106. The summed E-state index contributed by atoms with van der Waals surface area (Å²) in [6.07, 6.45) is -8.89. The molecule has 248 valence electrons. The summed E-state index contributed by atoms with van der Waals surface area (Å²) in [4.78, 5) is 32.9. The zero-order chi connectivity index (χ0) is 34.1. The highest BCUT2D eigenvalue weighted by Gasteiger charge is 2.39. The number of halogens is 6. The number of carbonyl (C=O) groups is 3. The summed E-state index contributed by atoms with van der Waals surface area (Å²) in [7, 11) is 1.60. The molecule has 4 N–H and O–H groups in total. The molecule has 5 rings (SSSR count). The van der Waals surface area contributed by atoms with Crippen molar-refractivity contribution in [2.75, 3.05) is 20.2 Å². The highest BCUT2D eigenvalue weighted by Crippen LogP contribution is 2.27. The Morgan fingerprint density at radius 3 is 1.91 bits per heavy atom. The number of nitrogens with zero attached hydrogens (tertiary/aromatic N) is 1. The number of methoxy groups -OCH3 is 1. The molecular formula is C31H31F6N3O6. The third kappa shape index (κ3) is 10.8. The van der Waals surface area contributed by atoms with Gasteiger partial charge < -0.3 is 25.6 Å². The summed E-state index contributed by atoms with van der Waals surface area (Å²) < 4.78 is 68.7. The van der Waals surface area contributed by atoms with E-state index in [1.807, 2.05) is 18.2 Å². The van der Waals surface area contributed by atoms with Gasteiger partial charge in [0.2, 0.25) is 0 Å². The fourth-order valence-corrected chi connectivity index (χ4v) is 4.83. The van der Waals surface area contributed by atoms with Crippen molar-refractivity contribution in [2.45, 2.75) is 43.9 Å². The molecule has 9 nitrogen and oxygen atoms in total. The lowest BCUT2D eigenvalue weighted by Gasteiger charge is -2.27. The highest BCUT2D eigenvalue weighted by atomic mass is 19.4. The molecule has 15 heteroatoms. The van der Waals surface area contributed by atoms with E-state index >= 15 is 0 Å². The monoisotopic (exact) mass is 655 g/mol. The van der Waals surface area contributed by atoms with Crippen LogP contribution in [0.2, 0.25) is 0 Å². The maximum Gasteiger partial charge on any atom is 0.490 e. The largest absolute Gasteiger partial charge is 0.497 e. The molecule has 2 aliphatic heterocycles. The number of carbonyl (C=O) groups excluding carboxylic acids is 1. The van der Waals surface area contributed by atoms with Crippen molar-refractivity contribution in [1.82, 2.24) is 15.5 Å². The summed E-state index contributed by atoms with van der Waals surface area (Å²) in [5, 5.41) is 20.8. The Balaban J connectivity index is 0.000000345. The normalized spacial score (nSPS) is 17.2. The smallest absolute Gasteiger partial charge is 0.490 e. The summed E-state index contributed by atoms with van der Waals surface area (Å²) in [6, 6.07) is 25.8. The number of amides is 1. The number of rotatable bonds is 7. The number of ether oxygens (including phenoxy) is 1. The predicted molar refractivity (Wildman–Crippen MR) is 154 cm³/mol. The minimum Gasteiger partial charge on any atom is -0.497 e. The molecule has 3 aromatic carbocycles. The SMILES string of the molecule is COc1cccc(C(=O)NCc2cccc(-c3cccc(CN4C[C@@H]5C[C@H]4CN5)c3)c2)c1.O=C(O)C(F)(F)F.O=C(O)C(F)(F)F. The Hall–Kier alpha value is -4.63. The molecule has 2 saturated heterocycles. The van der Waals surface area contributed by atoms with Crippen molar-refractivity contribution in [3.05, 3.63) is 89.5 Å². The minimum atomic E-state index is -5.08. The number of aliphatic carboxylic acids is 2. The molecule has 0 aromatic heterocycles. The van der Waals surface area contributed by atoms with Crippen LogP contribution in [-0.4, -0.2) is 77.6 Å². The van der Waals surface area contributed by atoms with Gasteiger partial charge in [-0.15, -0.1) is 0 Å². The number of piperazine rings is 1. The van der Waals surface area contributed by atoms with Crippen LogP contribution in [-0.2, 0) is 22.7 Å². The fourth-order valence-electron chi connectivity index (χ4n) is 4.83. The molecule has 2 atom stereocenters. The first-order valence-corrected chi connectivity index (χ1v) is 13.7. The van der Waals surface area contributed by atoms with Gasteiger partial charge in [-0.1, -0.05) is 42.5 Å². The van der Waals surface area contributed by atoms with E-state index in [9.17, 15) is 31.1 Å². The summed E-state index contributed by atoms with van der Waals surface area (Å²) in [5.41, 5.74) is 5.41. The standard InChI is InChI=1S/C27H29N3O2.2C2HF3O2/c1-32-26-10-4-9-23(13-26)27(31)29-15-19-5-2-7-21(11-19)22-8-3-6-20(12-22)17-30-18-24-14-25(30)16-28-24;2*3-2(4,5)1(6)7/h2-13,24-25,28H,14-18H2,1H3,(H,29,31);2*(H,6,7)/t24-,25-;;/m0../s1. The lowest BCUT2D eigenvalue weighted by molar-refractivity contribution is -0.193. The third-order valence-electron chi connectivity index (χ3n) is 7.01. The fraction of sp³-hybridized carbons (Fsp3) is 0.323. The Morgan fingerprint density at radius 2 is 1.41 bits per heavy atom. The first-order valence-electron chi connectivity index (χ1n) is 13.7. The van der Waals surface area contributed by atoms with E-state index in [4.69, 9.17) is 24.5 Å². The molecule has 0 saturated carbocycles. The van der Waals surface area contributed by atoms with Gasteiger partial charge in [0.25, 0.3) is 5.91 Å². The van der Waals surface area contributed by atoms with Crippen LogP contribution < -0.4 is 15.4 Å². The van der Waals surface area contributed by atoms with E-state index in [2.05, 4.69) is 58.0 Å². The summed E-state index contributed by atoms with van der Waals surface area (Å²) in [6.45, 7) is 3.76. The van der Waals surface area contributed by atoms with E-state index in [-0.39, 0.29) is 5.91 Å². The third-order valence-corrected chi connectivity index (χ3v) is 7.01. The van der Waals surface area contributed by atoms with Gasteiger partial charge in [-0.25, -0.2) is 9.59 Å². The van der Waals surface area contributed by atoms with E-state index in [0.717, 1.165) is 25.2 Å². The van der Waals surface area contributed by atoms with Crippen molar-refractivity contribution in [2.24, 2.45) is 0 Å². The van der Waals surface area contributed by atoms with Crippen LogP contribution >= 0.6 is 0 Å². The second-order valence-corrected chi connectivity index (χ2v) is 10.3. The molecule has 0 unspecified atom stereocenters. The van der Waals surface area contributed by atoms with Crippen molar-refractivity contribution in [1.29, 1.82) is 0 Å². The zero-order valence-electron chi connectivity index (χ0n) is 24.4. The summed E-state index contributed by atoms with van der Waals surface area (Å²) >= 11 is 0. The van der Waals surface area contributed by atoms with E-state index in [1.54, 1.807) is 19.2 Å². The Kier molecular flexibility index (Phi) is 12.1. The number of carboxylic acid groups (broad SMARTS) is 2. The lowest BCUT2D eigenvalue weighted by atomic mass is 10.0. The molecule has 3 aromatic rings. The number of alkyl halides is 6. The van der Waals surface area contributed by atoms with Gasteiger partial charge in [0.05, 0.1) is 7.11 Å². The van der Waals surface area contributed by atoms with Crippen LogP contribution in [0, 0.1) is 0 Å². The van der Waals surface area contributed by atoms with Crippen LogP contribution in [0.3, 0.4) is 0 Å². The van der Waals surface area contributed by atoms with Gasteiger partial charge >= 0.3 is 24.3 Å². The topological polar surface area (TPSA) is 128 Å². The van der Waals surface area contributed by atoms with Gasteiger partial charge in [0.15, 0.2) is 0 Å². The van der Waals surface area contributed by atoms with E-state index in [0.29, 0.717) is 29.9 Å². The molecule has 0 aliphatic carbocycles. The quantitative estimate of drug-likeness (QED) is 0.259. The molecule has 2 fully saturated rings. The van der Waals surface area contributed by atoms with Gasteiger partial charge in [-0.05, 0) is 59.0 Å². The highest BCUT2D eigenvalue weighted by molar-refractivity contribution is 5.94. The molecule has 2 aliphatic rings. The van der Waals surface area contributed by atoms with Gasteiger partial charge in [-0.3, -0.25) is 9.69 Å². The molecule has 0 radical (unpaired) electrons. The van der Waals surface area contributed by atoms with Gasteiger partial charge in [0, 0.05) is 43.8 Å².